The smallest absolute Gasteiger partial charge is 0.119 e. The number of methoxy groups -OCH3 is 1. The highest BCUT2D eigenvalue weighted by Gasteiger charge is 2.28. The van der Waals surface area contributed by atoms with Gasteiger partial charge in [0, 0.05) is 6.04 Å². The third-order valence-electron chi connectivity index (χ3n) is 3.77. The molecule has 0 saturated carbocycles. The minimum atomic E-state index is 0.244. The Morgan fingerprint density at radius 3 is 2.41 bits per heavy atom. The van der Waals surface area contributed by atoms with Gasteiger partial charge in [-0.05, 0) is 49.1 Å². The number of nitrogens with one attached hydrogen (secondary N) is 1. The third-order valence-corrected chi connectivity index (χ3v) is 3.77. The molecule has 0 bridgehead atoms. The molecule has 0 spiro atoms. The zero-order valence-corrected chi connectivity index (χ0v) is 11.9. The summed E-state index contributed by atoms with van der Waals surface area (Å²) in [4.78, 5) is 0. The van der Waals surface area contributed by atoms with E-state index in [-0.39, 0.29) is 5.41 Å². The maximum atomic E-state index is 5.25. The van der Waals surface area contributed by atoms with Crippen molar-refractivity contribution < 1.29 is 4.74 Å². The SMILES string of the molecule is CCC(C)(C)C(NC)c1ccc(OC)cc1C. The van der Waals surface area contributed by atoms with Gasteiger partial charge in [0.25, 0.3) is 0 Å². The molecule has 0 radical (unpaired) electrons. The van der Waals surface area contributed by atoms with Crippen LogP contribution in [-0.2, 0) is 0 Å². The average Bonchev–Trinajstić information content (AvgIpc) is 2.31. The molecule has 0 aliphatic heterocycles. The Bertz CT molecular complexity index is 371. The summed E-state index contributed by atoms with van der Waals surface area (Å²) >= 11 is 0. The van der Waals surface area contributed by atoms with Gasteiger partial charge in [-0.15, -0.1) is 0 Å². The van der Waals surface area contributed by atoms with E-state index < -0.39 is 0 Å². The molecule has 0 aliphatic rings. The second kappa shape index (κ2) is 5.54. The molecule has 1 N–H and O–H groups in total. The third kappa shape index (κ3) is 3.01. The van der Waals surface area contributed by atoms with Gasteiger partial charge in [0.15, 0.2) is 0 Å². The first-order valence-electron chi connectivity index (χ1n) is 6.28. The molecule has 1 aromatic carbocycles. The Labute approximate surface area is 105 Å². The van der Waals surface area contributed by atoms with Gasteiger partial charge in [0.2, 0.25) is 0 Å². The Kier molecular flexibility index (Phi) is 4.58. The standard InChI is InChI=1S/C15H25NO/c1-7-15(3,4)14(16-5)13-9-8-12(17-6)10-11(13)2/h8-10,14,16H,7H2,1-6H3. The molecule has 17 heavy (non-hydrogen) atoms. The van der Waals surface area contributed by atoms with Gasteiger partial charge in [0.05, 0.1) is 7.11 Å². The zero-order chi connectivity index (χ0) is 13.1. The molecule has 1 unspecified atom stereocenters. The summed E-state index contributed by atoms with van der Waals surface area (Å²) < 4.78 is 5.25. The number of hydrogen-bond acceptors (Lipinski definition) is 2. The predicted octanol–water partition coefficient (Wildman–Crippen LogP) is 3.70. The van der Waals surface area contributed by atoms with Crippen LogP contribution >= 0.6 is 0 Å². The monoisotopic (exact) mass is 235 g/mol. The van der Waals surface area contributed by atoms with Crippen LogP contribution in [0.5, 0.6) is 5.75 Å². The number of rotatable bonds is 5. The van der Waals surface area contributed by atoms with Crippen LogP contribution in [0.15, 0.2) is 18.2 Å². The van der Waals surface area contributed by atoms with Crippen molar-refractivity contribution in [3.05, 3.63) is 29.3 Å². The first-order valence-corrected chi connectivity index (χ1v) is 6.28. The first kappa shape index (κ1) is 14.0. The van der Waals surface area contributed by atoms with Crippen LogP contribution in [0, 0.1) is 12.3 Å². The summed E-state index contributed by atoms with van der Waals surface area (Å²) in [5.74, 6) is 0.926. The maximum absolute atomic E-state index is 5.25. The topological polar surface area (TPSA) is 21.3 Å². The lowest BCUT2D eigenvalue weighted by Crippen LogP contribution is -2.32. The van der Waals surface area contributed by atoms with E-state index in [0.29, 0.717) is 6.04 Å². The summed E-state index contributed by atoms with van der Waals surface area (Å²) in [6, 6.07) is 6.69. The summed E-state index contributed by atoms with van der Waals surface area (Å²) in [5.41, 5.74) is 2.89. The van der Waals surface area contributed by atoms with Crippen LogP contribution in [0.25, 0.3) is 0 Å². The van der Waals surface area contributed by atoms with Crippen LogP contribution in [0.3, 0.4) is 0 Å². The predicted molar refractivity (Wildman–Crippen MR) is 73.6 cm³/mol. The summed E-state index contributed by atoms with van der Waals surface area (Å²) in [6.07, 6.45) is 1.14. The highest BCUT2D eigenvalue weighted by molar-refractivity contribution is 5.37. The van der Waals surface area contributed by atoms with E-state index in [1.54, 1.807) is 7.11 Å². The Balaban J connectivity index is 3.13. The van der Waals surface area contributed by atoms with Crippen LogP contribution in [-0.4, -0.2) is 14.2 Å². The van der Waals surface area contributed by atoms with Crippen molar-refractivity contribution in [2.75, 3.05) is 14.2 Å². The van der Waals surface area contributed by atoms with Gasteiger partial charge in [-0.3, -0.25) is 0 Å². The molecule has 1 atom stereocenters. The van der Waals surface area contributed by atoms with Gasteiger partial charge in [-0.25, -0.2) is 0 Å². The average molecular weight is 235 g/mol. The van der Waals surface area contributed by atoms with E-state index in [9.17, 15) is 0 Å². The Hall–Kier alpha value is -1.02. The second-order valence-electron chi connectivity index (χ2n) is 5.29. The summed E-state index contributed by atoms with van der Waals surface area (Å²) in [6.45, 7) is 8.99. The molecule has 96 valence electrons. The van der Waals surface area contributed by atoms with Crippen molar-refractivity contribution in [1.82, 2.24) is 5.32 Å². The second-order valence-corrected chi connectivity index (χ2v) is 5.29. The Morgan fingerprint density at radius 2 is 2.00 bits per heavy atom. The minimum absolute atomic E-state index is 0.244. The van der Waals surface area contributed by atoms with E-state index in [4.69, 9.17) is 4.74 Å². The van der Waals surface area contributed by atoms with E-state index >= 15 is 0 Å². The minimum Gasteiger partial charge on any atom is -0.497 e. The van der Waals surface area contributed by atoms with Crippen LogP contribution in [0.2, 0.25) is 0 Å². The van der Waals surface area contributed by atoms with Crippen molar-refractivity contribution in [2.45, 2.75) is 40.2 Å². The van der Waals surface area contributed by atoms with Crippen molar-refractivity contribution in [3.63, 3.8) is 0 Å². The fourth-order valence-corrected chi connectivity index (χ4v) is 2.27. The van der Waals surface area contributed by atoms with Crippen molar-refractivity contribution in [3.8, 4) is 5.75 Å². The van der Waals surface area contributed by atoms with Crippen molar-refractivity contribution in [2.24, 2.45) is 5.41 Å². The van der Waals surface area contributed by atoms with E-state index in [1.807, 2.05) is 13.1 Å². The molecule has 0 heterocycles. The van der Waals surface area contributed by atoms with E-state index in [2.05, 4.69) is 45.1 Å². The molecule has 1 aromatic rings. The fraction of sp³-hybridized carbons (Fsp3) is 0.600. The normalized spacial score (nSPS) is 13.5. The van der Waals surface area contributed by atoms with Gasteiger partial charge in [-0.1, -0.05) is 26.8 Å². The van der Waals surface area contributed by atoms with Crippen molar-refractivity contribution >= 4 is 0 Å². The molecular weight excluding hydrogens is 210 g/mol. The number of hydrogen-bond donors (Lipinski definition) is 1. The number of aryl methyl sites for hydroxylation is 1. The molecule has 0 fully saturated rings. The zero-order valence-electron chi connectivity index (χ0n) is 11.9. The lowest BCUT2D eigenvalue weighted by atomic mass is 9.77. The van der Waals surface area contributed by atoms with Gasteiger partial charge < -0.3 is 10.1 Å². The van der Waals surface area contributed by atoms with Gasteiger partial charge in [0.1, 0.15) is 5.75 Å². The fourth-order valence-electron chi connectivity index (χ4n) is 2.27. The highest BCUT2D eigenvalue weighted by atomic mass is 16.5. The van der Waals surface area contributed by atoms with Crippen LogP contribution in [0.4, 0.5) is 0 Å². The van der Waals surface area contributed by atoms with Gasteiger partial charge >= 0.3 is 0 Å². The van der Waals surface area contributed by atoms with Gasteiger partial charge in [-0.2, -0.15) is 0 Å². The first-order chi connectivity index (χ1) is 7.96. The molecule has 2 heteroatoms. The molecule has 0 aromatic heterocycles. The molecular formula is C15H25NO. The maximum Gasteiger partial charge on any atom is 0.119 e. The van der Waals surface area contributed by atoms with Crippen LogP contribution < -0.4 is 10.1 Å². The quantitative estimate of drug-likeness (QED) is 0.840. The van der Waals surface area contributed by atoms with E-state index in [0.717, 1.165) is 12.2 Å². The molecule has 0 saturated heterocycles. The lowest BCUT2D eigenvalue weighted by Gasteiger charge is -2.34. The lowest BCUT2D eigenvalue weighted by molar-refractivity contribution is 0.244. The highest BCUT2D eigenvalue weighted by Crippen LogP contribution is 2.37. The summed E-state index contributed by atoms with van der Waals surface area (Å²) in [7, 11) is 3.74. The molecule has 2 nitrogen and oxygen atoms in total. The Morgan fingerprint density at radius 1 is 1.35 bits per heavy atom. The molecule has 1 rings (SSSR count). The largest absolute Gasteiger partial charge is 0.497 e. The number of ether oxygens (including phenoxy) is 1. The van der Waals surface area contributed by atoms with E-state index in [1.165, 1.54) is 11.1 Å². The van der Waals surface area contributed by atoms with Crippen molar-refractivity contribution in [1.29, 1.82) is 0 Å². The number of benzene rings is 1. The molecule has 0 aliphatic carbocycles. The summed E-state index contributed by atoms with van der Waals surface area (Å²) in [5, 5.41) is 3.45. The molecule has 0 amide bonds. The van der Waals surface area contributed by atoms with Crippen LogP contribution in [0.1, 0.15) is 44.4 Å².